The first kappa shape index (κ1) is 17.0. The van der Waals surface area contributed by atoms with Crippen molar-refractivity contribution in [2.75, 3.05) is 5.32 Å². The molecule has 0 fully saturated rings. The highest BCUT2D eigenvalue weighted by atomic mass is 15.2. The number of anilines is 2. The molecule has 4 aromatic rings. The standard InChI is InChI=1S/C21H20N6/c1-13(2)15-10-21(27-24-12-15)26-20-7-6-18-19(25-20)9-16(11-23-18)17-5-4-8-22-14(17)3/h4-13H,1-3H3,(H,25,26,27). The number of nitrogens with zero attached hydrogens (tertiary/aromatic N) is 5. The molecule has 134 valence electrons. The van der Waals surface area contributed by atoms with Crippen LogP contribution >= 0.6 is 0 Å². The molecular weight excluding hydrogens is 336 g/mol. The van der Waals surface area contributed by atoms with E-state index in [4.69, 9.17) is 4.98 Å². The minimum atomic E-state index is 0.389. The lowest BCUT2D eigenvalue weighted by Crippen LogP contribution is -2.00. The molecule has 0 amide bonds. The number of hydrogen-bond donors (Lipinski definition) is 1. The third-order valence-corrected chi connectivity index (χ3v) is 4.45. The van der Waals surface area contributed by atoms with Crippen LogP contribution < -0.4 is 5.32 Å². The average Bonchev–Trinajstić information content (AvgIpc) is 2.68. The van der Waals surface area contributed by atoms with Crippen molar-refractivity contribution in [3.05, 3.63) is 66.2 Å². The Hall–Kier alpha value is -3.41. The molecule has 0 atom stereocenters. The second-order valence-electron chi connectivity index (χ2n) is 6.75. The Morgan fingerprint density at radius 1 is 0.926 bits per heavy atom. The summed E-state index contributed by atoms with van der Waals surface area (Å²) in [7, 11) is 0. The van der Waals surface area contributed by atoms with Gasteiger partial charge in [-0.3, -0.25) is 9.97 Å². The maximum absolute atomic E-state index is 4.70. The maximum Gasteiger partial charge on any atom is 0.154 e. The van der Waals surface area contributed by atoms with Crippen molar-refractivity contribution in [3.8, 4) is 11.1 Å². The molecule has 6 heteroatoms. The summed E-state index contributed by atoms with van der Waals surface area (Å²) in [5, 5.41) is 11.5. The first-order valence-corrected chi connectivity index (χ1v) is 8.88. The number of nitrogens with one attached hydrogen (secondary N) is 1. The number of aryl methyl sites for hydroxylation is 1. The van der Waals surface area contributed by atoms with Gasteiger partial charge in [0.05, 0.1) is 17.2 Å². The van der Waals surface area contributed by atoms with Crippen molar-refractivity contribution in [1.82, 2.24) is 25.1 Å². The molecule has 0 bridgehead atoms. The van der Waals surface area contributed by atoms with E-state index in [2.05, 4.69) is 39.3 Å². The highest BCUT2D eigenvalue weighted by molar-refractivity contribution is 5.82. The molecular formula is C21H20N6. The molecule has 0 aliphatic rings. The number of pyridine rings is 3. The Morgan fingerprint density at radius 2 is 1.81 bits per heavy atom. The van der Waals surface area contributed by atoms with Crippen LogP contribution in [-0.2, 0) is 0 Å². The number of rotatable bonds is 4. The van der Waals surface area contributed by atoms with Gasteiger partial charge in [0.2, 0.25) is 0 Å². The first-order chi connectivity index (χ1) is 13.1. The molecule has 0 aromatic carbocycles. The predicted molar refractivity (Wildman–Crippen MR) is 107 cm³/mol. The predicted octanol–water partition coefficient (Wildman–Crippen LogP) is 4.66. The summed E-state index contributed by atoms with van der Waals surface area (Å²) < 4.78 is 0. The monoisotopic (exact) mass is 356 g/mol. The Bertz CT molecular complexity index is 1110. The molecule has 0 aliphatic carbocycles. The van der Waals surface area contributed by atoms with Crippen LogP contribution in [0.2, 0.25) is 0 Å². The minimum Gasteiger partial charge on any atom is -0.323 e. The summed E-state index contributed by atoms with van der Waals surface area (Å²) in [5.74, 6) is 1.78. The normalized spacial score (nSPS) is 11.1. The lowest BCUT2D eigenvalue weighted by Gasteiger charge is -2.09. The van der Waals surface area contributed by atoms with Gasteiger partial charge in [-0.05, 0) is 48.7 Å². The minimum absolute atomic E-state index is 0.389. The van der Waals surface area contributed by atoms with E-state index in [0.29, 0.717) is 17.6 Å². The zero-order valence-electron chi connectivity index (χ0n) is 15.5. The Morgan fingerprint density at radius 3 is 2.63 bits per heavy atom. The van der Waals surface area contributed by atoms with Crippen LogP contribution in [0.3, 0.4) is 0 Å². The molecule has 0 unspecified atom stereocenters. The highest BCUT2D eigenvalue weighted by Crippen LogP contribution is 2.25. The largest absolute Gasteiger partial charge is 0.323 e. The molecule has 4 heterocycles. The van der Waals surface area contributed by atoms with E-state index in [1.807, 2.05) is 49.5 Å². The lowest BCUT2D eigenvalue weighted by atomic mass is 10.1. The molecule has 4 aromatic heterocycles. The number of aromatic nitrogens is 5. The smallest absolute Gasteiger partial charge is 0.154 e. The zero-order valence-corrected chi connectivity index (χ0v) is 15.5. The van der Waals surface area contributed by atoms with E-state index in [1.54, 1.807) is 12.4 Å². The van der Waals surface area contributed by atoms with E-state index in [9.17, 15) is 0 Å². The maximum atomic E-state index is 4.70. The molecule has 0 saturated heterocycles. The third kappa shape index (κ3) is 3.60. The first-order valence-electron chi connectivity index (χ1n) is 8.88. The Kier molecular flexibility index (Phi) is 4.46. The molecule has 6 nitrogen and oxygen atoms in total. The van der Waals surface area contributed by atoms with Gasteiger partial charge in [-0.2, -0.15) is 5.10 Å². The average molecular weight is 356 g/mol. The van der Waals surface area contributed by atoms with E-state index in [1.165, 1.54) is 0 Å². The second kappa shape index (κ2) is 7.07. The lowest BCUT2D eigenvalue weighted by molar-refractivity contribution is 0.843. The van der Waals surface area contributed by atoms with Gasteiger partial charge in [-0.15, -0.1) is 5.10 Å². The third-order valence-electron chi connectivity index (χ3n) is 4.45. The van der Waals surface area contributed by atoms with Crippen LogP contribution in [0.5, 0.6) is 0 Å². The fourth-order valence-electron chi connectivity index (χ4n) is 2.90. The summed E-state index contributed by atoms with van der Waals surface area (Å²) in [6, 6.07) is 11.8. The fraction of sp³-hybridized carbons (Fsp3) is 0.190. The van der Waals surface area contributed by atoms with E-state index in [-0.39, 0.29) is 0 Å². The van der Waals surface area contributed by atoms with E-state index < -0.39 is 0 Å². The summed E-state index contributed by atoms with van der Waals surface area (Å²) in [6.07, 6.45) is 5.44. The molecule has 0 radical (unpaired) electrons. The van der Waals surface area contributed by atoms with Crippen molar-refractivity contribution in [2.45, 2.75) is 26.7 Å². The van der Waals surface area contributed by atoms with Gasteiger partial charge in [0.25, 0.3) is 0 Å². The van der Waals surface area contributed by atoms with Gasteiger partial charge in [-0.1, -0.05) is 19.9 Å². The number of hydrogen-bond acceptors (Lipinski definition) is 6. The molecule has 1 N–H and O–H groups in total. The molecule has 27 heavy (non-hydrogen) atoms. The van der Waals surface area contributed by atoms with Gasteiger partial charge in [0.1, 0.15) is 5.82 Å². The van der Waals surface area contributed by atoms with Crippen molar-refractivity contribution in [1.29, 1.82) is 0 Å². The molecule has 0 spiro atoms. The van der Waals surface area contributed by atoms with Crippen LogP contribution in [0.1, 0.15) is 31.0 Å². The van der Waals surface area contributed by atoms with Crippen LogP contribution in [0.15, 0.2) is 55.0 Å². The zero-order chi connectivity index (χ0) is 18.8. The van der Waals surface area contributed by atoms with Crippen LogP contribution in [-0.4, -0.2) is 25.1 Å². The van der Waals surface area contributed by atoms with Gasteiger partial charge >= 0.3 is 0 Å². The van der Waals surface area contributed by atoms with Gasteiger partial charge in [-0.25, -0.2) is 4.98 Å². The van der Waals surface area contributed by atoms with Crippen molar-refractivity contribution >= 4 is 22.7 Å². The van der Waals surface area contributed by atoms with E-state index in [0.717, 1.165) is 33.4 Å². The van der Waals surface area contributed by atoms with E-state index >= 15 is 0 Å². The molecule has 0 aliphatic heterocycles. The van der Waals surface area contributed by atoms with Crippen molar-refractivity contribution in [3.63, 3.8) is 0 Å². The summed E-state index contributed by atoms with van der Waals surface area (Å²) >= 11 is 0. The van der Waals surface area contributed by atoms with Gasteiger partial charge < -0.3 is 5.32 Å². The molecule has 4 rings (SSSR count). The quantitative estimate of drug-likeness (QED) is 0.573. The topological polar surface area (TPSA) is 76.5 Å². The summed E-state index contributed by atoms with van der Waals surface area (Å²) in [4.78, 5) is 13.6. The van der Waals surface area contributed by atoms with Crippen LogP contribution in [0.4, 0.5) is 11.6 Å². The summed E-state index contributed by atoms with van der Waals surface area (Å²) in [6.45, 7) is 6.25. The van der Waals surface area contributed by atoms with Crippen molar-refractivity contribution < 1.29 is 0 Å². The number of fused-ring (bicyclic) bond motifs is 1. The summed E-state index contributed by atoms with van der Waals surface area (Å²) in [5.41, 5.74) is 5.81. The Labute approximate surface area is 157 Å². The fourth-order valence-corrected chi connectivity index (χ4v) is 2.90. The second-order valence-corrected chi connectivity index (χ2v) is 6.75. The van der Waals surface area contributed by atoms with Crippen LogP contribution in [0, 0.1) is 6.92 Å². The van der Waals surface area contributed by atoms with Crippen molar-refractivity contribution in [2.24, 2.45) is 0 Å². The Balaban J connectivity index is 1.69. The molecule has 0 saturated carbocycles. The highest BCUT2D eigenvalue weighted by Gasteiger charge is 2.08. The van der Waals surface area contributed by atoms with Gasteiger partial charge in [0.15, 0.2) is 5.82 Å². The van der Waals surface area contributed by atoms with Crippen LogP contribution in [0.25, 0.3) is 22.2 Å². The SMILES string of the molecule is Cc1ncccc1-c1cnc2ccc(Nc3cc(C(C)C)cnn3)nc2c1. The van der Waals surface area contributed by atoms with Gasteiger partial charge in [0, 0.05) is 29.2 Å².